The van der Waals surface area contributed by atoms with Crippen LogP contribution < -0.4 is 0 Å². The summed E-state index contributed by atoms with van der Waals surface area (Å²) in [5, 5.41) is 9.88. The molecule has 1 aliphatic carbocycles. The second kappa shape index (κ2) is 8.35. The van der Waals surface area contributed by atoms with Gasteiger partial charge in [-0.15, -0.1) is 0 Å². The van der Waals surface area contributed by atoms with Crippen LogP contribution in [0.1, 0.15) is 51.9 Å². The van der Waals surface area contributed by atoms with E-state index in [4.69, 9.17) is 0 Å². The van der Waals surface area contributed by atoms with E-state index in [9.17, 15) is 5.11 Å². The number of rotatable bonds is 2. The topological polar surface area (TPSA) is 20.2 Å². The lowest BCUT2D eigenvalue weighted by atomic mass is 9.99. The molecule has 0 aliphatic heterocycles. The summed E-state index contributed by atoms with van der Waals surface area (Å²) in [4.78, 5) is 0. The summed E-state index contributed by atoms with van der Waals surface area (Å²) in [5.74, 6) is 0. The van der Waals surface area contributed by atoms with Gasteiger partial charge in [0.25, 0.3) is 0 Å². The highest BCUT2D eigenvalue weighted by molar-refractivity contribution is 5.10. The standard InChI is InChI=1S/C15H24O/c1-2-15(16)14-12-10-8-6-4-3-5-7-9-11-13-14/h4,6-7,9,12,15-16H,2-3,5,8,10-11,13H2,1H3/b6-4-,9-7-,14-12+. The highest BCUT2D eigenvalue weighted by Gasteiger charge is 2.06. The summed E-state index contributed by atoms with van der Waals surface area (Å²) < 4.78 is 0. The Bertz CT molecular complexity index is 261. The summed E-state index contributed by atoms with van der Waals surface area (Å²) in [6.07, 6.45) is 18.4. The van der Waals surface area contributed by atoms with Crippen molar-refractivity contribution in [2.75, 3.05) is 0 Å². The van der Waals surface area contributed by atoms with Gasteiger partial charge in [0, 0.05) is 0 Å². The van der Waals surface area contributed by atoms with Crippen molar-refractivity contribution in [3.63, 3.8) is 0 Å². The van der Waals surface area contributed by atoms with Crippen molar-refractivity contribution < 1.29 is 5.11 Å². The summed E-state index contributed by atoms with van der Waals surface area (Å²) in [6.45, 7) is 2.04. The summed E-state index contributed by atoms with van der Waals surface area (Å²) in [7, 11) is 0. The second-order valence-corrected chi connectivity index (χ2v) is 4.34. The molecular weight excluding hydrogens is 196 g/mol. The zero-order valence-electron chi connectivity index (χ0n) is 10.4. The lowest BCUT2D eigenvalue weighted by Crippen LogP contribution is -2.08. The predicted molar refractivity (Wildman–Crippen MR) is 70.4 cm³/mol. The SMILES string of the molecule is CCC(O)/C1=C/CC/C=C\CC/C=C\CC1. The van der Waals surface area contributed by atoms with Crippen LogP contribution in [0.3, 0.4) is 0 Å². The third-order valence-corrected chi connectivity index (χ3v) is 2.99. The molecule has 0 aromatic carbocycles. The second-order valence-electron chi connectivity index (χ2n) is 4.34. The van der Waals surface area contributed by atoms with E-state index in [0.717, 1.165) is 44.9 Å². The van der Waals surface area contributed by atoms with Gasteiger partial charge in [-0.2, -0.15) is 0 Å². The monoisotopic (exact) mass is 220 g/mol. The van der Waals surface area contributed by atoms with Gasteiger partial charge in [-0.1, -0.05) is 37.3 Å². The number of allylic oxidation sites excluding steroid dienone is 5. The minimum Gasteiger partial charge on any atom is -0.389 e. The van der Waals surface area contributed by atoms with E-state index in [2.05, 4.69) is 30.4 Å². The lowest BCUT2D eigenvalue weighted by Gasteiger charge is -2.12. The fourth-order valence-electron chi connectivity index (χ4n) is 1.95. The van der Waals surface area contributed by atoms with Gasteiger partial charge in [0.05, 0.1) is 6.10 Å². The minimum atomic E-state index is -0.236. The van der Waals surface area contributed by atoms with Crippen LogP contribution in [0.2, 0.25) is 0 Å². The van der Waals surface area contributed by atoms with Crippen LogP contribution >= 0.6 is 0 Å². The molecule has 1 aliphatic rings. The Morgan fingerprint density at radius 2 is 1.56 bits per heavy atom. The van der Waals surface area contributed by atoms with Crippen LogP contribution in [0, 0.1) is 0 Å². The van der Waals surface area contributed by atoms with Crippen LogP contribution in [0.4, 0.5) is 0 Å². The van der Waals surface area contributed by atoms with Crippen LogP contribution in [0.5, 0.6) is 0 Å². The molecule has 0 spiro atoms. The molecule has 0 heterocycles. The molecule has 0 radical (unpaired) electrons. The van der Waals surface area contributed by atoms with Crippen molar-refractivity contribution in [2.45, 2.75) is 58.0 Å². The third-order valence-electron chi connectivity index (χ3n) is 2.99. The quantitative estimate of drug-likeness (QED) is 0.693. The van der Waals surface area contributed by atoms with Crippen LogP contribution in [0.15, 0.2) is 36.0 Å². The minimum absolute atomic E-state index is 0.236. The average Bonchev–Trinajstić information content (AvgIpc) is 2.29. The highest BCUT2D eigenvalue weighted by atomic mass is 16.3. The Labute approximate surface area is 99.6 Å². The molecule has 90 valence electrons. The normalized spacial score (nSPS) is 28.0. The van der Waals surface area contributed by atoms with E-state index in [0.29, 0.717) is 0 Å². The molecule has 1 N–H and O–H groups in total. The Hall–Kier alpha value is -0.820. The fourth-order valence-corrected chi connectivity index (χ4v) is 1.95. The number of aliphatic hydroxyl groups excluding tert-OH is 1. The molecule has 0 fully saturated rings. The number of hydrogen-bond acceptors (Lipinski definition) is 1. The smallest absolute Gasteiger partial charge is 0.0747 e. The summed E-state index contributed by atoms with van der Waals surface area (Å²) in [5.41, 5.74) is 1.22. The van der Waals surface area contributed by atoms with Gasteiger partial charge in [-0.25, -0.2) is 0 Å². The van der Waals surface area contributed by atoms with Gasteiger partial charge in [0.1, 0.15) is 0 Å². The molecule has 1 unspecified atom stereocenters. The summed E-state index contributed by atoms with van der Waals surface area (Å²) in [6, 6.07) is 0. The number of hydrogen-bond donors (Lipinski definition) is 1. The van der Waals surface area contributed by atoms with Gasteiger partial charge in [0.2, 0.25) is 0 Å². The van der Waals surface area contributed by atoms with E-state index < -0.39 is 0 Å². The molecule has 0 aromatic rings. The Morgan fingerprint density at radius 1 is 1.00 bits per heavy atom. The fraction of sp³-hybridized carbons (Fsp3) is 0.600. The van der Waals surface area contributed by atoms with Gasteiger partial charge >= 0.3 is 0 Å². The molecular formula is C15H24O. The van der Waals surface area contributed by atoms with Crippen LogP contribution in [0.25, 0.3) is 0 Å². The van der Waals surface area contributed by atoms with Gasteiger partial charge in [-0.3, -0.25) is 0 Å². The van der Waals surface area contributed by atoms with E-state index in [-0.39, 0.29) is 6.10 Å². The maximum absolute atomic E-state index is 9.88. The van der Waals surface area contributed by atoms with Gasteiger partial charge < -0.3 is 5.11 Å². The first-order valence-electron chi connectivity index (χ1n) is 6.51. The van der Waals surface area contributed by atoms with E-state index in [1.54, 1.807) is 0 Å². The zero-order valence-corrected chi connectivity index (χ0v) is 10.4. The molecule has 0 aromatic heterocycles. The Kier molecular flexibility index (Phi) is 6.91. The maximum atomic E-state index is 9.88. The van der Waals surface area contributed by atoms with Crippen molar-refractivity contribution >= 4 is 0 Å². The molecule has 0 bridgehead atoms. The zero-order chi connectivity index (χ0) is 11.6. The van der Waals surface area contributed by atoms with Crippen LogP contribution in [-0.4, -0.2) is 11.2 Å². The van der Waals surface area contributed by atoms with Crippen molar-refractivity contribution in [3.8, 4) is 0 Å². The molecule has 0 saturated carbocycles. The van der Waals surface area contributed by atoms with E-state index >= 15 is 0 Å². The molecule has 0 saturated heterocycles. The van der Waals surface area contributed by atoms with Gasteiger partial charge in [-0.05, 0) is 50.5 Å². The van der Waals surface area contributed by atoms with Crippen molar-refractivity contribution in [3.05, 3.63) is 36.0 Å². The first kappa shape index (κ1) is 13.2. The first-order chi connectivity index (χ1) is 7.84. The van der Waals surface area contributed by atoms with Gasteiger partial charge in [0.15, 0.2) is 0 Å². The molecule has 1 nitrogen and oxygen atoms in total. The molecule has 0 amide bonds. The predicted octanol–water partition coefficient (Wildman–Crippen LogP) is 4.15. The highest BCUT2D eigenvalue weighted by Crippen LogP contribution is 2.16. The van der Waals surface area contributed by atoms with E-state index in [1.807, 2.05) is 6.92 Å². The summed E-state index contributed by atoms with van der Waals surface area (Å²) >= 11 is 0. The van der Waals surface area contributed by atoms with E-state index in [1.165, 1.54) is 5.57 Å². The van der Waals surface area contributed by atoms with Crippen molar-refractivity contribution in [2.24, 2.45) is 0 Å². The van der Waals surface area contributed by atoms with Crippen molar-refractivity contribution in [1.82, 2.24) is 0 Å². The maximum Gasteiger partial charge on any atom is 0.0747 e. The molecule has 1 heteroatoms. The Balaban J connectivity index is 2.58. The van der Waals surface area contributed by atoms with Crippen LogP contribution in [-0.2, 0) is 0 Å². The van der Waals surface area contributed by atoms with Crippen molar-refractivity contribution in [1.29, 1.82) is 0 Å². The molecule has 1 rings (SSSR count). The lowest BCUT2D eigenvalue weighted by molar-refractivity contribution is 0.202. The first-order valence-corrected chi connectivity index (χ1v) is 6.51. The largest absolute Gasteiger partial charge is 0.389 e. The molecule has 16 heavy (non-hydrogen) atoms. The number of aliphatic hydroxyl groups is 1. The Morgan fingerprint density at radius 3 is 2.19 bits per heavy atom. The third kappa shape index (κ3) is 5.32. The average molecular weight is 220 g/mol. The molecule has 1 atom stereocenters.